The summed E-state index contributed by atoms with van der Waals surface area (Å²) in [5.74, 6) is 0.971. The number of Topliss-reactive ketones (excluding diaryl/α,β-unsaturated/α-hetero) is 1. The Balaban J connectivity index is 2.09. The third-order valence-corrected chi connectivity index (χ3v) is 3.94. The zero-order chi connectivity index (χ0) is 16.1. The molecule has 0 amide bonds. The molecule has 0 fully saturated rings. The fourth-order valence-electron chi connectivity index (χ4n) is 1.83. The Morgan fingerprint density at radius 3 is 2.82 bits per heavy atom. The molecule has 0 aliphatic rings. The smallest absolute Gasteiger partial charge is 0.251 e. The lowest BCUT2D eigenvalue weighted by molar-refractivity contribution is 0.102. The highest BCUT2D eigenvalue weighted by Gasteiger charge is 2.10. The number of H-pyrrole nitrogens is 1. The lowest BCUT2D eigenvalue weighted by atomic mass is 10.1. The highest BCUT2D eigenvalue weighted by molar-refractivity contribution is 7.99. The predicted molar refractivity (Wildman–Crippen MR) is 87.0 cm³/mol. The van der Waals surface area contributed by atoms with Crippen LogP contribution in [0.3, 0.4) is 0 Å². The Morgan fingerprint density at radius 1 is 1.36 bits per heavy atom. The van der Waals surface area contributed by atoms with Gasteiger partial charge in [0, 0.05) is 11.6 Å². The molecule has 0 saturated heterocycles. The van der Waals surface area contributed by atoms with Crippen molar-refractivity contribution in [2.45, 2.75) is 24.9 Å². The van der Waals surface area contributed by atoms with Crippen LogP contribution in [0.2, 0.25) is 0 Å². The van der Waals surface area contributed by atoms with Crippen LogP contribution in [0, 0.1) is 0 Å². The monoisotopic (exact) mass is 318 g/mol. The molecule has 1 aromatic carbocycles. The van der Waals surface area contributed by atoms with Crippen molar-refractivity contribution in [3.63, 3.8) is 0 Å². The molecule has 1 heterocycles. The standard InChI is InChI=1S/C16H18N2O3S/c1-10(2)13-8-15(20)18-16(17-13)22-9-14(19)11-5-4-6-12(7-11)21-3/h4-8,10H,9H2,1-3H3,(H,17,18,20). The van der Waals surface area contributed by atoms with E-state index in [0.29, 0.717) is 16.5 Å². The summed E-state index contributed by atoms with van der Waals surface area (Å²) < 4.78 is 5.11. The molecule has 2 rings (SSSR count). The molecule has 1 N–H and O–H groups in total. The Hall–Kier alpha value is -2.08. The van der Waals surface area contributed by atoms with Gasteiger partial charge in [0.15, 0.2) is 10.9 Å². The number of methoxy groups -OCH3 is 1. The summed E-state index contributed by atoms with van der Waals surface area (Å²) in [5, 5.41) is 0.465. The van der Waals surface area contributed by atoms with E-state index in [-0.39, 0.29) is 23.0 Å². The molecule has 0 aliphatic carbocycles. The predicted octanol–water partition coefficient (Wildman–Crippen LogP) is 2.88. The molecule has 0 aliphatic heterocycles. The summed E-state index contributed by atoms with van der Waals surface area (Å²) in [7, 11) is 1.56. The quantitative estimate of drug-likeness (QED) is 0.504. The van der Waals surface area contributed by atoms with E-state index in [1.54, 1.807) is 31.4 Å². The zero-order valence-electron chi connectivity index (χ0n) is 12.8. The second kappa shape index (κ2) is 7.26. The lowest BCUT2D eigenvalue weighted by Crippen LogP contribution is -2.12. The van der Waals surface area contributed by atoms with E-state index in [1.807, 2.05) is 13.8 Å². The third kappa shape index (κ3) is 4.21. The maximum absolute atomic E-state index is 12.2. The molecule has 0 saturated carbocycles. The first-order valence-corrected chi connectivity index (χ1v) is 7.89. The highest BCUT2D eigenvalue weighted by Crippen LogP contribution is 2.19. The van der Waals surface area contributed by atoms with Crippen molar-refractivity contribution in [2.75, 3.05) is 12.9 Å². The van der Waals surface area contributed by atoms with Crippen molar-refractivity contribution in [3.05, 3.63) is 51.9 Å². The van der Waals surface area contributed by atoms with Gasteiger partial charge in [0.05, 0.1) is 18.6 Å². The molecule has 5 nitrogen and oxygen atoms in total. The molecule has 116 valence electrons. The fraction of sp³-hybridized carbons (Fsp3) is 0.312. The number of benzene rings is 1. The van der Waals surface area contributed by atoms with Crippen molar-refractivity contribution in [3.8, 4) is 5.75 Å². The van der Waals surface area contributed by atoms with Gasteiger partial charge in [-0.2, -0.15) is 0 Å². The minimum atomic E-state index is -0.199. The number of carbonyl (C=O) groups excluding carboxylic acids is 1. The van der Waals surface area contributed by atoms with Gasteiger partial charge >= 0.3 is 0 Å². The van der Waals surface area contributed by atoms with Gasteiger partial charge in [-0.05, 0) is 18.1 Å². The number of nitrogens with zero attached hydrogens (tertiary/aromatic N) is 1. The molecule has 2 aromatic rings. The highest BCUT2D eigenvalue weighted by atomic mass is 32.2. The molecule has 0 unspecified atom stereocenters. The number of hydrogen-bond donors (Lipinski definition) is 1. The number of carbonyl (C=O) groups is 1. The lowest BCUT2D eigenvalue weighted by Gasteiger charge is -2.06. The van der Waals surface area contributed by atoms with Gasteiger partial charge in [0.2, 0.25) is 0 Å². The minimum Gasteiger partial charge on any atom is -0.497 e. The molecule has 6 heteroatoms. The summed E-state index contributed by atoms with van der Waals surface area (Å²) in [4.78, 5) is 30.8. The van der Waals surface area contributed by atoms with Crippen molar-refractivity contribution in [1.82, 2.24) is 9.97 Å². The average molecular weight is 318 g/mol. The summed E-state index contributed by atoms with van der Waals surface area (Å²) in [6.45, 7) is 3.94. The van der Waals surface area contributed by atoms with Crippen LogP contribution in [0.25, 0.3) is 0 Å². The normalized spacial score (nSPS) is 10.7. The number of hydrogen-bond acceptors (Lipinski definition) is 5. The summed E-state index contributed by atoms with van der Waals surface area (Å²) >= 11 is 1.23. The molecule has 0 spiro atoms. The minimum absolute atomic E-state index is 0.0403. The van der Waals surface area contributed by atoms with E-state index in [9.17, 15) is 9.59 Å². The molecule has 0 radical (unpaired) electrons. The van der Waals surface area contributed by atoms with Crippen molar-refractivity contribution in [2.24, 2.45) is 0 Å². The van der Waals surface area contributed by atoms with Crippen LogP contribution >= 0.6 is 11.8 Å². The summed E-state index contributed by atoms with van der Waals surface area (Å²) in [6, 6.07) is 8.49. The van der Waals surface area contributed by atoms with Crippen molar-refractivity contribution >= 4 is 17.5 Å². The Morgan fingerprint density at radius 2 is 2.14 bits per heavy atom. The van der Waals surface area contributed by atoms with Gasteiger partial charge in [0.1, 0.15) is 5.75 Å². The second-order valence-electron chi connectivity index (χ2n) is 5.07. The van der Waals surface area contributed by atoms with Crippen molar-refractivity contribution in [1.29, 1.82) is 0 Å². The number of thioether (sulfide) groups is 1. The van der Waals surface area contributed by atoms with E-state index in [1.165, 1.54) is 17.8 Å². The van der Waals surface area contributed by atoms with E-state index in [0.717, 1.165) is 5.69 Å². The maximum atomic E-state index is 12.2. The number of ether oxygens (including phenoxy) is 1. The van der Waals surface area contributed by atoms with Gasteiger partial charge < -0.3 is 9.72 Å². The van der Waals surface area contributed by atoms with Gasteiger partial charge in [-0.25, -0.2) is 4.98 Å². The molecule has 0 atom stereocenters. The van der Waals surface area contributed by atoms with Crippen LogP contribution in [-0.2, 0) is 0 Å². The zero-order valence-corrected chi connectivity index (χ0v) is 13.6. The first-order valence-electron chi connectivity index (χ1n) is 6.91. The number of aromatic nitrogens is 2. The molecular weight excluding hydrogens is 300 g/mol. The molecule has 1 aromatic heterocycles. The van der Waals surface area contributed by atoms with E-state index in [2.05, 4.69) is 9.97 Å². The van der Waals surface area contributed by atoms with E-state index >= 15 is 0 Å². The van der Waals surface area contributed by atoms with Crippen LogP contribution in [-0.4, -0.2) is 28.6 Å². The molecule has 22 heavy (non-hydrogen) atoms. The second-order valence-corrected chi connectivity index (χ2v) is 6.04. The SMILES string of the molecule is COc1cccc(C(=O)CSc2nc(C(C)C)cc(=O)[nH]2)c1. The third-order valence-electron chi connectivity index (χ3n) is 3.06. The average Bonchev–Trinajstić information content (AvgIpc) is 2.52. The van der Waals surface area contributed by atoms with Crippen LogP contribution < -0.4 is 10.3 Å². The van der Waals surface area contributed by atoms with Gasteiger partial charge in [-0.3, -0.25) is 9.59 Å². The molecule has 0 bridgehead atoms. The summed E-state index contributed by atoms with van der Waals surface area (Å²) in [5.41, 5.74) is 1.10. The Bertz CT molecular complexity index is 725. The number of rotatable bonds is 6. The van der Waals surface area contributed by atoms with Crippen LogP contribution in [0.1, 0.15) is 35.8 Å². The van der Waals surface area contributed by atoms with Gasteiger partial charge in [-0.1, -0.05) is 37.7 Å². The maximum Gasteiger partial charge on any atom is 0.251 e. The number of ketones is 1. The number of aromatic amines is 1. The topological polar surface area (TPSA) is 72.0 Å². The largest absolute Gasteiger partial charge is 0.497 e. The van der Waals surface area contributed by atoms with Crippen molar-refractivity contribution < 1.29 is 9.53 Å². The fourth-order valence-corrected chi connectivity index (χ4v) is 2.61. The van der Waals surface area contributed by atoms with Gasteiger partial charge in [0.25, 0.3) is 5.56 Å². The first-order chi connectivity index (χ1) is 10.5. The Labute approximate surface area is 133 Å². The van der Waals surface area contributed by atoms with Crippen LogP contribution in [0.15, 0.2) is 40.3 Å². The van der Waals surface area contributed by atoms with Crippen LogP contribution in [0.4, 0.5) is 0 Å². The van der Waals surface area contributed by atoms with Crippen LogP contribution in [0.5, 0.6) is 5.75 Å². The summed E-state index contributed by atoms with van der Waals surface area (Å²) in [6.07, 6.45) is 0. The van der Waals surface area contributed by atoms with E-state index < -0.39 is 0 Å². The Kier molecular flexibility index (Phi) is 5.38. The first kappa shape index (κ1) is 16.3. The molecular formula is C16H18N2O3S. The van der Waals surface area contributed by atoms with Gasteiger partial charge in [-0.15, -0.1) is 0 Å². The van der Waals surface area contributed by atoms with E-state index in [4.69, 9.17) is 4.74 Å². The number of nitrogens with one attached hydrogen (secondary N) is 1.